The van der Waals surface area contributed by atoms with E-state index in [1.807, 2.05) is 39.0 Å². The monoisotopic (exact) mass is 271 g/mol. The first-order chi connectivity index (χ1) is 9.54. The van der Waals surface area contributed by atoms with Gasteiger partial charge in [-0.1, -0.05) is 37.3 Å². The topological polar surface area (TPSA) is 12.0 Å². The fraction of sp³-hybridized carbons (Fsp3) is 0.333. The van der Waals surface area contributed by atoms with Crippen molar-refractivity contribution in [1.29, 1.82) is 0 Å². The van der Waals surface area contributed by atoms with Gasteiger partial charge < -0.3 is 5.32 Å². The number of halogens is 1. The van der Waals surface area contributed by atoms with Crippen LogP contribution in [0.3, 0.4) is 0 Å². The highest BCUT2D eigenvalue weighted by Crippen LogP contribution is 2.30. The lowest BCUT2D eigenvalue weighted by Crippen LogP contribution is -2.24. The Hall–Kier alpha value is -1.67. The summed E-state index contributed by atoms with van der Waals surface area (Å²) >= 11 is 0. The molecule has 0 saturated carbocycles. The van der Waals surface area contributed by atoms with Crippen LogP contribution in [0.1, 0.15) is 40.8 Å². The van der Waals surface area contributed by atoms with Crippen molar-refractivity contribution in [3.8, 4) is 0 Å². The van der Waals surface area contributed by atoms with Gasteiger partial charge in [0.2, 0.25) is 0 Å². The van der Waals surface area contributed by atoms with Crippen molar-refractivity contribution < 1.29 is 4.39 Å². The number of hydrogen-bond donors (Lipinski definition) is 1. The van der Waals surface area contributed by atoms with Gasteiger partial charge in [-0.3, -0.25) is 0 Å². The molecule has 0 fully saturated rings. The molecular formula is C18H22FN. The van der Waals surface area contributed by atoms with Gasteiger partial charge in [0.1, 0.15) is 5.82 Å². The highest BCUT2D eigenvalue weighted by Gasteiger charge is 2.20. The quantitative estimate of drug-likeness (QED) is 0.866. The zero-order chi connectivity index (χ0) is 14.7. The third-order valence-electron chi connectivity index (χ3n) is 3.68. The Morgan fingerprint density at radius 2 is 1.75 bits per heavy atom. The average molecular weight is 271 g/mol. The Morgan fingerprint density at radius 1 is 1.05 bits per heavy atom. The lowest BCUT2D eigenvalue weighted by Gasteiger charge is -2.23. The van der Waals surface area contributed by atoms with E-state index in [4.69, 9.17) is 0 Å². The molecule has 1 unspecified atom stereocenters. The molecule has 0 aliphatic heterocycles. The molecule has 0 aliphatic rings. The van der Waals surface area contributed by atoms with Gasteiger partial charge in [-0.2, -0.15) is 0 Å². The maximum atomic E-state index is 14.5. The lowest BCUT2D eigenvalue weighted by molar-refractivity contribution is 0.554. The van der Waals surface area contributed by atoms with Crippen LogP contribution in [0.15, 0.2) is 36.4 Å². The summed E-state index contributed by atoms with van der Waals surface area (Å²) in [5.74, 6) is -0.128. The Morgan fingerprint density at radius 3 is 2.35 bits per heavy atom. The molecule has 0 aliphatic carbocycles. The minimum absolute atomic E-state index is 0.0956. The molecule has 2 aromatic carbocycles. The molecule has 0 spiro atoms. The van der Waals surface area contributed by atoms with Crippen LogP contribution in [0, 0.1) is 26.6 Å². The Kier molecular flexibility index (Phi) is 4.56. The van der Waals surface area contributed by atoms with Crippen LogP contribution >= 0.6 is 0 Å². The molecule has 0 heterocycles. The molecule has 0 radical (unpaired) electrons. The zero-order valence-electron chi connectivity index (χ0n) is 12.6. The largest absolute Gasteiger partial charge is 0.306 e. The fourth-order valence-electron chi connectivity index (χ4n) is 2.77. The minimum atomic E-state index is -0.128. The van der Waals surface area contributed by atoms with Crippen molar-refractivity contribution >= 4 is 0 Å². The van der Waals surface area contributed by atoms with Crippen molar-refractivity contribution in [2.75, 3.05) is 6.54 Å². The number of benzene rings is 2. The summed E-state index contributed by atoms with van der Waals surface area (Å²) in [6, 6.07) is 11.7. The standard InChI is InChI=1S/C18H22FN/c1-5-20-18(15-9-7-6-8-13(15)3)17-14(4)10-12(2)11-16(17)19/h6-11,18,20H,5H2,1-4H3. The summed E-state index contributed by atoms with van der Waals surface area (Å²) in [7, 11) is 0. The van der Waals surface area contributed by atoms with E-state index < -0.39 is 0 Å². The molecule has 2 aromatic rings. The summed E-state index contributed by atoms with van der Waals surface area (Å²) < 4.78 is 14.5. The van der Waals surface area contributed by atoms with Crippen LogP contribution in [0.4, 0.5) is 4.39 Å². The number of aryl methyl sites for hydroxylation is 3. The maximum Gasteiger partial charge on any atom is 0.128 e. The van der Waals surface area contributed by atoms with Crippen molar-refractivity contribution in [2.24, 2.45) is 0 Å². The van der Waals surface area contributed by atoms with E-state index in [9.17, 15) is 4.39 Å². The second-order valence-corrected chi connectivity index (χ2v) is 5.32. The Balaban J connectivity index is 2.58. The first kappa shape index (κ1) is 14.7. The van der Waals surface area contributed by atoms with Crippen LogP contribution in [0.2, 0.25) is 0 Å². The zero-order valence-corrected chi connectivity index (χ0v) is 12.6. The van der Waals surface area contributed by atoms with Gasteiger partial charge >= 0.3 is 0 Å². The highest BCUT2D eigenvalue weighted by molar-refractivity contribution is 5.42. The maximum absolute atomic E-state index is 14.5. The predicted molar refractivity (Wildman–Crippen MR) is 82.6 cm³/mol. The molecule has 1 nitrogen and oxygen atoms in total. The smallest absolute Gasteiger partial charge is 0.128 e. The molecule has 0 aromatic heterocycles. The number of rotatable bonds is 4. The van der Waals surface area contributed by atoms with Crippen molar-refractivity contribution in [2.45, 2.75) is 33.7 Å². The van der Waals surface area contributed by atoms with Gasteiger partial charge in [-0.05, 0) is 55.6 Å². The Labute approximate surface area is 120 Å². The van der Waals surface area contributed by atoms with E-state index in [-0.39, 0.29) is 11.9 Å². The van der Waals surface area contributed by atoms with Crippen LogP contribution < -0.4 is 5.32 Å². The molecule has 2 heteroatoms. The van der Waals surface area contributed by atoms with E-state index in [0.717, 1.165) is 28.8 Å². The normalized spacial score (nSPS) is 12.4. The van der Waals surface area contributed by atoms with Gasteiger partial charge in [0, 0.05) is 5.56 Å². The van der Waals surface area contributed by atoms with Crippen LogP contribution in [0.5, 0.6) is 0 Å². The van der Waals surface area contributed by atoms with Gasteiger partial charge in [0.05, 0.1) is 6.04 Å². The van der Waals surface area contributed by atoms with Gasteiger partial charge in [0.15, 0.2) is 0 Å². The van der Waals surface area contributed by atoms with Crippen molar-refractivity contribution in [3.05, 3.63) is 70.0 Å². The first-order valence-electron chi connectivity index (χ1n) is 7.10. The van der Waals surface area contributed by atoms with Crippen molar-refractivity contribution in [1.82, 2.24) is 5.32 Å². The van der Waals surface area contributed by atoms with E-state index >= 15 is 0 Å². The van der Waals surface area contributed by atoms with E-state index in [1.165, 1.54) is 5.56 Å². The lowest BCUT2D eigenvalue weighted by atomic mass is 9.91. The summed E-state index contributed by atoms with van der Waals surface area (Å²) in [5.41, 5.74) is 5.03. The third kappa shape index (κ3) is 2.91. The molecule has 0 amide bonds. The average Bonchev–Trinajstić information content (AvgIpc) is 2.37. The SMILES string of the molecule is CCNC(c1ccccc1C)c1c(C)cc(C)cc1F. The van der Waals surface area contributed by atoms with Gasteiger partial charge in [0.25, 0.3) is 0 Å². The number of nitrogens with one attached hydrogen (secondary N) is 1. The van der Waals surface area contributed by atoms with E-state index in [2.05, 4.69) is 24.4 Å². The third-order valence-corrected chi connectivity index (χ3v) is 3.68. The molecule has 0 saturated heterocycles. The molecule has 106 valence electrons. The second kappa shape index (κ2) is 6.19. The Bertz CT molecular complexity index is 581. The fourth-order valence-corrected chi connectivity index (χ4v) is 2.77. The van der Waals surface area contributed by atoms with E-state index in [1.54, 1.807) is 6.07 Å². The van der Waals surface area contributed by atoms with Crippen LogP contribution in [-0.2, 0) is 0 Å². The first-order valence-corrected chi connectivity index (χ1v) is 7.10. The van der Waals surface area contributed by atoms with Crippen LogP contribution in [0.25, 0.3) is 0 Å². The van der Waals surface area contributed by atoms with Crippen molar-refractivity contribution in [3.63, 3.8) is 0 Å². The van der Waals surface area contributed by atoms with Gasteiger partial charge in [-0.25, -0.2) is 4.39 Å². The molecule has 1 atom stereocenters. The predicted octanol–water partition coefficient (Wildman–Crippen LogP) is 4.45. The molecule has 1 N–H and O–H groups in total. The highest BCUT2D eigenvalue weighted by atomic mass is 19.1. The molecule has 20 heavy (non-hydrogen) atoms. The number of hydrogen-bond acceptors (Lipinski definition) is 1. The molecular weight excluding hydrogens is 249 g/mol. The summed E-state index contributed by atoms with van der Waals surface area (Å²) in [5, 5.41) is 3.42. The van der Waals surface area contributed by atoms with Crippen LogP contribution in [-0.4, -0.2) is 6.54 Å². The summed E-state index contributed by atoms with van der Waals surface area (Å²) in [4.78, 5) is 0. The second-order valence-electron chi connectivity index (χ2n) is 5.32. The summed E-state index contributed by atoms with van der Waals surface area (Å²) in [6.07, 6.45) is 0. The summed E-state index contributed by atoms with van der Waals surface area (Å²) in [6.45, 7) is 8.82. The van der Waals surface area contributed by atoms with Gasteiger partial charge in [-0.15, -0.1) is 0 Å². The molecule has 2 rings (SSSR count). The molecule has 0 bridgehead atoms. The van der Waals surface area contributed by atoms with E-state index in [0.29, 0.717) is 0 Å². The minimum Gasteiger partial charge on any atom is -0.306 e.